The summed E-state index contributed by atoms with van der Waals surface area (Å²) in [5, 5.41) is -0.444. The summed E-state index contributed by atoms with van der Waals surface area (Å²) in [7, 11) is 0. The lowest BCUT2D eigenvalue weighted by Crippen LogP contribution is -2.51. The number of hydrogen-bond donors (Lipinski definition) is 0. The molecule has 0 bridgehead atoms. The van der Waals surface area contributed by atoms with Gasteiger partial charge in [-0.3, -0.25) is 19.3 Å². The number of fused-ring (bicyclic) bond motifs is 1. The zero-order valence-corrected chi connectivity index (χ0v) is 20.3. The SMILES string of the molecule is CCOC(=O)CN1C(=O)S/C(=C/c2cc3c(cc2C)N(C(C)C)C(C)(C)C[C@H]3C)C1=O. The van der Waals surface area contributed by atoms with Crippen molar-refractivity contribution in [2.24, 2.45) is 0 Å². The van der Waals surface area contributed by atoms with Crippen molar-refractivity contribution in [2.75, 3.05) is 18.1 Å². The van der Waals surface area contributed by atoms with Gasteiger partial charge in [-0.15, -0.1) is 0 Å². The molecule has 1 fully saturated rings. The molecule has 0 spiro atoms. The van der Waals surface area contributed by atoms with E-state index in [1.807, 2.05) is 6.92 Å². The molecule has 31 heavy (non-hydrogen) atoms. The van der Waals surface area contributed by atoms with Crippen LogP contribution in [-0.4, -0.2) is 46.7 Å². The van der Waals surface area contributed by atoms with Crippen molar-refractivity contribution in [1.82, 2.24) is 4.90 Å². The molecule has 2 heterocycles. The summed E-state index contributed by atoms with van der Waals surface area (Å²) in [6.45, 7) is 14.8. The number of esters is 1. The lowest BCUT2D eigenvalue weighted by Gasteiger charge is -2.50. The quantitative estimate of drug-likeness (QED) is 0.465. The van der Waals surface area contributed by atoms with E-state index in [1.54, 1.807) is 13.0 Å². The van der Waals surface area contributed by atoms with Gasteiger partial charge < -0.3 is 9.64 Å². The third-order valence-electron chi connectivity index (χ3n) is 5.93. The first-order valence-corrected chi connectivity index (χ1v) is 11.6. The van der Waals surface area contributed by atoms with Crippen LogP contribution in [0.5, 0.6) is 0 Å². The standard InChI is InChI=1S/C24H32N2O4S/c1-8-30-21(27)13-25-22(28)20(31-23(25)29)11-17-10-18-16(5)12-24(6,7)26(14(2)3)19(18)9-15(17)4/h9-11,14,16H,8,12-13H2,1-7H3/b20-11+/t16-/m1/s1. The Morgan fingerprint density at radius 3 is 2.61 bits per heavy atom. The Hall–Kier alpha value is -2.28. The van der Waals surface area contributed by atoms with Crippen molar-refractivity contribution in [3.05, 3.63) is 33.7 Å². The topological polar surface area (TPSA) is 66.9 Å². The largest absolute Gasteiger partial charge is 0.465 e. The molecule has 1 saturated heterocycles. The van der Waals surface area contributed by atoms with Gasteiger partial charge in [-0.2, -0.15) is 0 Å². The zero-order chi connectivity index (χ0) is 23.1. The van der Waals surface area contributed by atoms with Crippen molar-refractivity contribution in [1.29, 1.82) is 0 Å². The van der Waals surface area contributed by atoms with E-state index in [9.17, 15) is 14.4 Å². The van der Waals surface area contributed by atoms with Crippen LogP contribution in [0.1, 0.15) is 70.6 Å². The molecule has 0 unspecified atom stereocenters. The van der Waals surface area contributed by atoms with Gasteiger partial charge >= 0.3 is 5.97 Å². The number of benzene rings is 1. The summed E-state index contributed by atoms with van der Waals surface area (Å²) in [6, 6.07) is 4.71. The number of rotatable bonds is 5. The van der Waals surface area contributed by atoms with Crippen molar-refractivity contribution in [3.63, 3.8) is 0 Å². The molecule has 0 radical (unpaired) electrons. The summed E-state index contributed by atoms with van der Waals surface area (Å²) >= 11 is 0.869. The number of carbonyl (C=O) groups is 3. The highest BCUT2D eigenvalue weighted by Crippen LogP contribution is 2.46. The highest BCUT2D eigenvalue weighted by molar-refractivity contribution is 8.18. The van der Waals surface area contributed by atoms with Crippen LogP contribution >= 0.6 is 11.8 Å². The van der Waals surface area contributed by atoms with E-state index >= 15 is 0 Å². The molecule has 6 nitrogen and oxygen atoms in total. The van der Waals surface area contributed by atoms with Gasteiger partial charge in [-0.05, 0) is 101 Å². The van der Waals surface area contributed by atoms with Crippen molar-refractivity contribution in [3.8, 4) is 0 Å². The molecule has 1 atom stereocenters. The van der Waals surface area contributed by atoms with E-state index in [4.69, 9.17) is 4.74 Å². The van der Waals surface area contributed by atoms with Crippen LogP contribution in [0.15, 0.2) is 17.0 Å². The lowest BCUT2D eigenvalue weighted by molar-refractivity contribution is -0.145. The maximum atomic E-state index is 12.8. The summed E-state index contributed by atoms with van der Waals surface area (Å²) < 4.78 is 4.87. The van der Waals surface area contributed by atoms with Crippen molar-refractivity contribution in [2.45, 2.75) is 72.4 Å². The Morgan fingerprint density at radius 2 is 2.00 bits per heavy atom. The normalized spacial score (nSPS) is 21.8. The molecule has 1 aromatic carbocycles. The molecular weight excluding hydrogens is 412 g/mol. The first-order valence-electron chi connectivity index (χ1n) is 10.8. The zero-order valence-electron chi connectivity index (χ0n) is 19.4. The van der Waals surface area contributed by atoms with Crippen LogP contribution in [0.2, 0.25) is 0 Å². The van der Waals surface area contributed by atoms with Gasteiger partial charge in [0.25, 0.3) is 11.1 Å². The van der Waals surface area contributed by atoms with Crippen molar-refractivity contribution >= 4 is 40.6 Å². The molecular formula is C24H32N2O4S. The summed E-state index contributed by atoms with van der Waals surface area (Å²) in [5.41, 5.74) is 4.53. The number of anilines is 1. The molecule has 0 aliphatic carbocycles. The smallest absolute Gasteiger partial charge is 0.326 e. The van der Waals surface area contributed by atoms with Crippen LogP contribution in [0, 0.1) is 6.92 Å². The van der Waals surface area contributed by atoms with Gasteiger partial charge in [0.2, 0.25) is 0 Å². The number of amides is 2. The molecule has 168 valence electrons. The third-order valence-corrected chi connectivity index (χ3v) is 6.84. The minimum absolute atomic E-state index is 0.0598. The molecule has 2 aliphatic heterocycles. The van der Waals surface area contributed by atoms with Crippen LogP contribution in [0.4, 0.5) is 10.5 Å². The van der Waals surface area contributed by atoms with E-state index in [-0.39, 0.29) is 18.7 Å². The monoisotopic (exact) mass is 444 g/mol. The maximum absolute atomic E-state index is 12.8. The third kappa shape index (κ3) is 4.52. The van der Waals surface area contributed by atoms with Crippen LogP contribution in [0.3, 0.4) is 0 Å². The number of ether oxygens (including phenoxy) is 1. The molecule has 3 rings (SSSR count). The number of hydrogen-bond acceptors (Lipinski definition) is 6. The number of aryl methyl sites for hydroxylation is 1. The van der Waals surface area contributed by atoms with E-state index in [0.29, 0.717) is 16.9 Å². The second kappa shape index (κ2) is 8.69. The van der Waals surface area contributed by atoms with E-state index < -0.39 is 17.1 Å². The summed E-state index contributed by atoms with van der Waals surface area (Å²) in [4.78, 5) is 40.6. The van der Waals surface area contributed by atoms with E-state index in [0.717, 1.165) is 34.2 Å². The number of imide groups is 1. The molecule has 0 aromatic heterocycles. The summed E-state index contributed by atoms with van der Waals surface area (Å²) in [6.07, 6.45) is 2.81. The van der Waals surface area contributed by atoms with Gasteiger partial charge in [-0.1, -0.05) is 6.92 Å². The minimum atomic E-state index is -0.582. The minimum Gasteiger partial charge on any atom is -0.465 e. The fourth-order valence-corrected chi connectivity index (χ4v) is 5.69. The Balaban J connectivity index is 1.96. The van der Waals surface area contributed by atoms with Crippen LogP contribution < -0.4 is 4.90 Å². The Bertz CT molecular complexity index is 951. The Morgan fingerprint density at radius 1 is 1.32 bits per heavy atom. The highest BCUT2D eigenvalue weighted by Gasteiger charge is 2.39. The molecule has 7 heteroatoms. The molecule has 1 aromatic rings. The highest BCUT2D eigenvalue weighted by atomic mass is 32.2. The summed E-state index contributed by atoms with van der Waals surface area (Å²) in [5.74, 6) is -0.647. The predicted octanol–water partition coefficient (Wildman–Crippen LogP) is 5.10. The molecule has 0 N–H and O–H groups in total. The van der Waals surface area contributed by atoms with Crippen LogP contribution in [-0.2, 0) is 14.3 Å². The fraction of sp³-hybridized carbons (Fsp3) is 0.542. The second-order valence-corrected chi connectivity index (χ2v) is 10.2. The van der Waals surface area contributed by atoms with Gasteiger partial charge in [0, 0.05) is 17.3 Å². The van der Waals surface area contributed by atoms with Crippen LogP contribution in [0.25, 0.3) is 6.08 Å². The van der Waals surface area contributed by atoms with E-state index in [2.05, 4.69) is 51.7 Å². The Kier molecular flexibility index (Phi) is 6.56. The molecule has 0 saturated carbocycles. The molecule has 2 amide bonds. The average Bonchev–Trinajstić information content (AvgIpc) is 2.89. The number of thioether (sulfide) groups is 1. The number of carbonyl (C=O) groups excluding carboxylic acids is 3. The molecule has 2 aliphatic rings. The Labute approximate surface area is 189 Å². The fourth-order valence-electron chi connectivity index (χ4n) is 4.86. The average molecular weight is 445 g/mol. The van der Waals surface area contributed by atoms with Gasteiger partial charge in [-0.25, -0.2) is 0 Å². The van der Waals surface area contributed by atoms with Gasteiger partial charge in [0.05, 0.1) is 11.5 Å². The number of nitrogens with zero attached hydrogens (tertiary/aromatic N) is 2. The van der Waals surface area contributed by atoms with Gasteiger partial charge in [0.1, 0.15) is 6.54 Å². The maximum Gasteiger partial charge on any atom is 0.326 e. The van der Waals surface area contributed by atoms with Gasteiger partial charge in [0.15, 0.2) is 0 Å². The van der Waals surface area contributed by atoms with Crippen molar-refractivity contribution < 1.29 is 19.1 Å². The first-order chi connectivity index (χ1) is 14.5. The second-order valence-electron chi connectivity index (χ2n) is 9.22. The lowest BCUT2D eigenvalue weighted by atomic mass is 9.78. The first kappa shape index (κ1) is 23.4. The van der Waals surface area contributed by atoms with E-state index in [1.165, 1.54) is 11.3 Å². The predicted molar refractivity (Wildman–Crippen MR) is 125 cm³/mol.